The van der Waals surface area contributed by atoms with Gasteiger partial charge in [0.1, 0.15) is 5.82 Å². The maximum absolute atomic E-state index is 12.5. The second-order valence-corrected chi connectivity index (χ2v) is 9.28. The van der Waals surface area contributed by atoms with E-state index in [1.807, 2.05) is 6.20 Å². The van der Waals surface area contributed by atoms with Crippen molar-refractivity contribution in [2.24, 2.45) is 5.41 Å². The highest BCUT2D eigenvalue weighted by molar-refractivity contribution is 7.06. The molecule has 2 saturated heterocycles. The molecule has 0 bridgehead atoms. The Hall–Kier alpha value is -2.13. The topological polar surface area (TPSA) is 93.1 Å². The van der Waals surface area contributed by atoms with E-state index < -0.39 is 0 Å². The summed E-state index contributed by atoms with van der Waals surface area (Å²) < 4.78 is 10.1. The minimum Gasteiger partial charge on any atom is -0.376 e. The lowest BCUT2D eigenvalue weighted by Gasteiger charge is -2.45. The molecule has 0 radical (unpaired) electrons. The van der Waals surface area contributed by atoms with Crippen LogP contribution in [0.5, 0.6) is 0 Å². The van der Waals surface area contributed by atoms with Gasteiger partial charge in [0.05, 0.1) is 23.8 Å². The zero-order chi connectivity index (χ0) is 19.7. The van der Waals surface area contributed by atoms with Crippen molar-refractivity contribution < 1.29 is 9.53 Å². The fourth-order valence-electron chi connectivity index (χ4n) is 4.40. The van der Waals surface area contributed by atoms with Gasteiger partial charge in [-0.1, -0.05) is 4.49 Å². The van der Waals surface area contributed by atoms with E-state index in [2.05, 4.69) is 29.8 Å². The van der Waals surface area contributed by atoms with Crippen LogP contribution in [0.25, 0.3) is 0 Å². The first-order valence-electron chi connectivity index (χ1n) is 10.5. The first kappa shape index (κ1) is 18.9. The summed E-state index contributed by atoms with van der Waals surface area (Å²) in [5.41, 5.74) is 0.776. The lowest BCUT2D eigenvalue weighted by molar-refractivity contribution is -0.0700. The third kappa shape index (κ3) is 4.11. The zero-order valence-electron chi connectivity index (χ0n) is 16.4. The molecular weight excluding hydrogens is 388 g/mol. The van der Waals surface area contributed by atoms with Gasteiger partial charge in [-0.3, -0.25) is 9.78 Å². The number of rotatable bonds is 5. The third-order valence-corrected chi connectivity index (χ3v) is 7.37. The molecule has 2 aromatic rings. The van der Waals surface area contributed by atoms with Gasteiger partial charge in [-0.25, -0.2) is 4.98 Å². The molecule has 2 aromatic heterocycles. The van der Waals surface area contributed by atoms with Gasteiger partial charge >= 0.3 is 0 Å². The van der Waals surface area contributed by atoms with Crippen LogP contribution in [-0.4, -0.2) is 57.8 Å². The first-order chi connectivity index (χ1) is 14.2. The first-order valence-corrected chi connectivity index (χ1v) is 11.2. The highest BCUT2D eigenvalue weighted by Crippen LogP contribution is 2.43. The molecule has 5 rings (SSSR count). The Morgan fingerprint density at radius 1 is 1.24 bits per heavy atom. The largest absolute Gasteiger partial charge is 0.376 e. The Morgan fingerprint density at radius 3 is 2.79 bits per heavy atom. The molecule has 1 atom stereocenters. The van der Waals surface area contributed by atoms with Gasteiger partial charge in [-0.05, 0) is 61.4 Å². The Bertz CT molecular complexity index is 838. The lowest BCUT2D eigenvalue weighted by atomic mass is 9.73. The number of hydrogen-bond acceptors (Lipinski definition) is 8. The van der Waals surface area contributed by atoms with Gasteiger partial charge in [-0.15, -0.1) is 5.10 Å². The van der Waals surface area contributed by atoms with E-state index in [-0.39, 0.29) is 17.4 Å². The van der Waals surface area contributed by atoms with Gasteiger partial charge in [0.2, 0.25) is 0 Å². The van der Waals surface area contributed by atoms with Crippen LogP contribution in [0.15, 0.2) is 18.6 Å². The number of carbonyl (C=O) groups is 1. The maximum atomic E-state index is 12.5. The van der Waals surface area contributed by atoms with Crippen LogP contribution < -0.4 is 10.2 Å². The van der Waals surface area contributed by atoms with Crippen molar-refractivity contribution in [1.29, 1.82) is 0 Å². The number of nitrogens with zero attached hydrogens (tertiary/aromatic N) is 5. The number of carbonyl (C=O) groups excluding carboxylic acids is 1. The van der Waals surface area contributed by atoms with Gasteiger partial charge < -0.3 is 15.0 Å². The molecule has 154 valence electrons. The monoisotopic (exact) mass is 414 g/mol. The van der Waals surface area contributed by atoms with Crippen LogP contribution in [0.3, 0.4) is 0 Å². The molecule has 1 N–H and O–H groups in total. The van der Waals surface area contributed by atoms with Gasteiger partial charge in [0.25, 0.3) is 5.91 Å². The maximum Gasteiger partial charge on any atom is 0.273 e. The zero-order valence-corrected chi connectivity index (χ0v) is 17.2. The number of ether oxygens (including phenoxy) is 1. The summed E-state index contributed by atoms with van der Waals surface area (Å²) >= 11 is 1.36. The fraction of sp³-hybridized carbons (Fsp3) is 0.650. The molecule has 8 nitrogen and oxygen atoms in total. The molecule has 2 aliphatic heterocycles. The Kier molecular flexibility index (Phi) is 5.17. The van der Waals surface area contributed by atoms with Crippen LogP contribution in [0.1, 0.15) is 59.8 Å². The van der Waals surface area contributed by atoms with Crippen LogP contribution in [0.2, 0.25) is 0 Å². The van der Waals surface area contributed by atoms with E-state index in [0.717, 1.165) is 68.9 Å². The number of piperidine rings is 1. The molecule has 3 fully saturated rings. The van der Waals surface area contributed by atoms with E-state index in [9.17, 15) is 4.79 Å². The van der Waals surface area contributed by atoms with Crippen molar-refractivity contribution in [3.8, 4) is 0 Å². The molecule has 4 heterocycles. The van der Waals surface area contributed by atoms with Crippen molar-refractivity contribution in [1.82, 2.24) is 24.9 Å². The number of amides is 1. The standard InChI is InChI=1S/C20H26N6O2S/c27-19(17-18(14-1-2-14)29-25-24-17)23-11-15-3-4-20(13-28-15)5-9-26(10-6-20)16-12-21-7-8-22-16/h7-8,12,14-15H,1-6,9-11,13H2,(H,23,27)/t15-/m0/s1. The van der Waals surface area contributed by atoms with E-state index in [1.54, 1.807) is 12.4 Å². The number of nitrogens with one attached hydrogen (secondary N) is 1. The Morgan fingerprint density at radius 2 is 2.10 bits per heavy atom. The summed E-state index contributed by atoms with van der Waals surface area (Å²) in [6.07, 6.45) is 12.0. The van der Waals surface area contributed by atoms with Crippen molar-refractivity contribution in [2.75, 3.05) is 31.1 Å². The molecule has 1 saturated carbocycles. The second kappa shape index (κ2) is 7.95. The van der Waals surface area contributed by atoms with E-state index in [0.29, 0.717) is 18.2 Å². The predicted molar refractivity (Wildman–Crippen MR) is 109 cm³/mol. The van der Waals surface area contributed by atoms with Crippen molar-refractivity contribution in [3.63, 3.8) is 0 Å². The van der Waals surface area contributed by atoms with Crippen molar-refractivity contribution in [2.45, 2.75) is 50.5 Å². The fourth-order valence-corrected chi connectivity index (χ4v) is 5.21. The molecule has 1 spiro atoms. The van der Waals surface area contributed by atoms with E-state index in [1.165, 1.54) is 11.5 Å². The summed E-state index contributed by atoms with van der Waals surface area (Å²) in [4.78, 5) is 24.4. The van der Waals surface area contributed by atoms with Gasteiger partial charge in [0, 0.05) is 32.0 Å². The summed E-state index contributed by atoms with van der Waals surface area (Å²) in [5.74, 6) is 1.35. The van der Waals surface area contributed by atoms with Crippen LogP contribution in [-0.2, 0) is 4.74 Å². The Balaban J connectivity index is 1.09. The van der Waals surface area contributed by atoms with Crippen molar-refractivity contribution >= 4 is 23.3 Å². The summed E-state index contributed by atoms with van der Waals surface area (Å²) in [6, 6.07) is 0. The predicted octanol–water partition coefficient (Wildman–Crippen LogP) is 2.40. The SMILES string of the molecule is O=C(NC[C@@H]1CCC2(CCN(c3cnccn3)CC2)CO1)c1nnsc1C1CC1. The molecule has 1 aliphatic carbocycles. The molecule has 3 aliphatic rings. The molecule has 29 heavy (non-hydrogen) atoms. The molecule has 9 heteroatoms. The lowest BCUT2D eigenvalue weighted by Crippen LogP contribution is -2.47. The number of aromatic nitrogens is 4. The molecule has 1 amide bonds. The minimum atomic E-state index is -0.109. The second-order valence-electron chi connectivity index (χ2n) is 8.49. The van der Waals surface area contributed by atoms with Crippen molar-refractivity contribution in [3.05, 3.63) is 29.2 Å². The molecular formula is C20H26N6O2S. The molecule has 0 unspecified atom stereocenters. The highest BCUT2D eigenvalue weighted by Gasteiger charge is 2.39. The van der Waals surface area contributed by atoms with E-state index in [4.69, 9.17) is 4.74 Å². The quantitative estimate of drug-likeness (QED) is 0.803. The van der Waals surface area contributed by atoms with Crippen LogP contribution in [0, 0.1) is 5.41 Å². The average molecular weight is 415 g/mol. The van der Waals surface area contributed by atoms with Gasteiger partial charge in [-0.2, -0.15) is 0 Å². The van der Waals surface area contributed by atoms with Crippen LogP contribution >= 0.6 is 11.5 Å². The van der Waals surface area contributed by atoms with E-state index >= 15 is 0 Å². The third-order valence-electron chi connectivity index (χ3n) is 6.49. The number of hydrogen-bond donors (Lipinski definition) is 1. The average Bonchev–Trinajstić information content (AvgIpc) is 3.50. The Labute approximate surface area is 174 Å². The smallest absolute Gasteiger partial charge is 0.273 e. The minimum absolute atomic E-state index is 0.0820. The van der Waals surface area contributed by atoms with Gasteiger partial charge in [0.15, 0.2) is 5.69 Å². The number of anilines is 1. The molecule has 0 aromatic carbocycles. The summed E-state index contributed by atoms with van der Waals surface area (Å²) in [5, 5.41) is 7.06. The highest BCUT2D eigenvalue weighted by atomic mass is 32.1. The normalized spacial score (nSPS) is 23.9. The van der Waals surface area contributed by atoms with Crippen LogP contribution in [0.4, 0.5) is 5.82 Å². The summed E-state index contributed by atoms with van der Waals surface area (Å²) in [7, 11) is 0. The summed E-state index contributed by atoms with van der Waals surface area (Å²) in [6.45, 7) is 3.30.